The maximum Gasteiger partial charge on any atom is 0.338 e. The molecule has 1 aliphatic carbocycles. The lowest BCUT2D eigenvalue weighted by Gasteiger charge is -2.29. The minimum atomic E-state index is -1.39. The van der Waals surface area contributed by atoms with Gasteiger partial charge in [0, 0.05) is 12.1 Å². The first-order valence-corrected chi connectivity index (χ1v) is 7.00. The van der Waals surface area contributed by atoms with Crippen LogP contribution in [0.1, 0.15) is 49.4 Å². The molecule has 0 heterocycles. The van der Waals surface area contributed by atoms with Crippen LogP contribution >= 0.6 is 0 Å². The molecule has 0 bridgehead atoms. The van der Waals surface area contributed by atoms with Crippen molar-refractivity contribution in [2.24, 2.45) is 5.92 Å². The molecule has 0 spiro atoms. The van der Waals surface area contributed by atoms with Gasteiger partial charge in [0.05, 0.1) is 11.3 Å². The van der Waals surface area contributed by atoms with Gasteiger partial charge in [0.25, 0.3) is 0 Å². The van der Waals surface area contributed by atoms with Gasteiger partial charge in [-0.2, -0.15) is 0 Å². The molecule has 0 aliphatic heterocycles. The van der Waals surface area contributed by atoms with Gasteiger partial charge in [0.1, 0.15) is 11.6 Å². The van der Waals surface area contributed by atoms with E-state index in [4.69, 9.17) is 5.11 Å². The van der Waals surface area contributed by atoms with Crippen molar-refractivity contribution in [3.63, 3.8) is 0 Å². The fraction of sp³-hybridized carbons (Fsp3) is 0.533. The average Bonchev–Trinajstić information content (AvgIpc) is 2.42. The summed E-state index contributed by atoms with van der Waals surface area (Å²) in [7, 11) is 0. The molecule has 0 atom stereocenters. The first-order chi connectivity index (χ1) is 9.51. The lowest BCUT2D eigenvalue weighted by atomic mass is 9.84. The van der Waals surface area contributed by atoms with Crippen LogP contribution in [-0.2, 0) is 0 Å². The number of halogens is 2. The van der Waals surface area contributed by atoms with E-state index in [1.807, 2.05) is 0 Å². The van der Waals surface area contributed by atoms with E-state index in [2.05, 4.69) is 12.2 Å². The minimum absolute atomic E-state index is 0.0729. The molecule has 5 heteroatoms. The van der Waals surface area contributed by atoms with Crippen molar-refractivity contribution in [2.45, 2.75) is 45.1 Å². The van der Waals surface area contributed by atoms with Crippen molar-refractivity contribution in [3.8, 4) is 0 Å². The standard InChI is InChI=1S/C15H19F2NO2/c1-2-9-3-5-10(6-4-9)18-14-7-11(15(19)20)12(16)8-13(14)17/h7-10,18H,2-6H2,1H3,(H,19,20). The summed E-state index contributed by atoms with van der Waals surface area (Å²) in [5.74, 6) is -2.46. The molecule has 0 aromatic heterocycles. The fourth-order valence-corrected chi connectivity index (χ4v) is 2.76. The number of carboxylic acids is 1. The van der Waals surface area contributed by atoms with Gasteiger partial charge in [-0.05, 0) is 37.7 Å². The summed E-state index contributed by atoms with van der Waals surface area (Å²) in [5.41, 5.74) is -0.431. The Labute approximate surface area is 117 Å². The van der Waals surface area contributed by atoms with Gasteiger partial charge < -0.3 is 10.4 Å². The van der Waals surface area contributed by atoms with Crippen molar-refractivity contribution in [2.75, 3.05) is 5.32 Å². The van der Waals surface area contributed by atoms with Crippen LogP contribution in [0.5, 0.6) is 0 Å². The van der Waals surface area contributed by atoms with E-state index in [0.29, 0.717) is 6.07 Å². The number of aromatic carboxylic acids is 1. The lowest BCUT2D eigenvalue weighted by Crippen LogP contribution is -2.26. The number of nitrogens with one attached hydrogen (secondary N) is 1. The van der Waals surface area contributed by atoms with Gasteiger partial charge in [-0.3, -0.25) is 0 Å². The van der Waals surface area contributed by atoms with Crippen LogP contribution in [-0.4, -0.2) is 17.1 Å². The monoisotopic (exact) mass is 283 g/mol. The Balaban J connectivity index is 2.10. The summed E-state index contributed by atoms with van der Waals surface area (Å²) in [5, 5.41) is 11.9. The normalized spacial score (nSPS) is 22.6. The van der Waals surface area contributed by atoms with E-state index in [1.165, 1.54) is 0 Å². The molecular weight excluding hydrogens is 264 g/mol. The molecule has 1 aliphatic rings. The molecule has 1 aromatic carbocycles. The summed E-state index contributed by atoms with van der Waals surface area (Å²) < 4.78 is 27.0. The van der Waals surface area contributed by atoms with Crippen molar-refractivity contribution < 1.29 is 18.7 Å². The topological polar surface area (TPSA) is 49.3 Å². The second kappa shape index (κ2) is 6.20. The molecule has 0 radical (unpaired) electrons. The van der Waals surface area contributed by atoms with Crippen LogP contribution in [0.4, 0.5) is 14.5 Å². The van der Waals surface area contributed by atoms with E-state index in [1.54, 1.807) is 0 Å². The van der Waals surface area contributed by atoms with E-state index in [-0.39, 0.29) is 11.7 Å². The van der Waals surface area contributed by atoms with E-state index in [9.17, 15) is 13.6 Å². The van der Waals surface area contributed by atoms with Gasteiger partial charge in [0.15, 0.2) is 0 Å². The summed E-state index contributed by atoms with van der Waals surface area (Å²) >= 11 is 0. The van der Waals surface area contributed by atoms with E-state index >= 15 is 0 Å². The molecule has 3 nitrogen and oxygen atoms in total. The highest BCUT2D eigenvalue weighted by atomic mass is 19.1. The number of carboxylic acid groups (broad SMARTS) is 1. The highest BCUT2D eigenvalue weighted by molar-refractivity contribution is 5.89. The first-order valence-electron chi connectivity index (χ1n) is 7.00. The predicted octanol–water partition coefficient (Wildman–Crippen LogP) is 4.04. The molecule has 2 N–H and O–H groups in total. The molecule has 0 unspecified atom stereocenters. The molecule has 0 saturated heterocycles. The van der Waals surface area contributed by atoms with Crippen molar-refractivity contribution >= 4 is 11.7 Å². The molecule has 0 amide bonds. The highest BCUT2D eigenvalue weighted by Gasteiger charge is 2.22. The summed E-state index contributed by atoms with van der Waals surface area (Å²) in [6, 6.07) is 1.79. The average molecular weight is 283 g/mol. The quantitative estimate of drug-likeness (QED) is 0.876. The third-order valence-electron chi connectivity index (χ3n) is 4.07. The van der Waals surface area contributed by atoms with Crippen LogP contribution in [0.15, 0.2) is 12.1 Å². The zero-order valence-electron chi connectivity index (χ0n) is 11.5. The van der Waals surface area contributed by atoms with Crippen LogP contribution < -0.4 is 5.32 Å². The van der Waals surface area contributed by atoms with Gasteiger partial charge in [-0.1, -0.05) is 13.3 Å². The molecule has 20 heavy (non-hydrogen) atoms. The third-order valence-corrected chi connectivity index (χ3v) is 4.07. The van der Waals surface area contributed by atoms with E-state index < -0.39 is 23.2 Å². The second-order valence-electron chi connectivity index (χ2n) is 5.39. The highest BCUT2D eigenvalue weighted by Crippen LogP contribution is 2.29. The van der Waals surface area contributed by atoms with Crippen LogP contribution in [0, 0.1) is 17.6 Å². The Morgan fingerprint density at radius 2 is 1.90 bits per heavy atom. The van der Waals surface area contributed by atoms with E-state index in [0.717, 1.165) is 44.1 Å². The molecular formula is C15H19F2NO2. The summed E-state index contributed by atoms with van der Waals surface area (Å²) in [4.78, 5) is 10.9. The van der Waals surface area contributed by atoms with Gasteiger partial charge in [-0.25, -0.2) is 13.6 Å². The van der Waals surface area contributed by atoms with Crippen LogP contribution in [0.25, 0.3) is 0 Å². The number of anilines is 1. The molecule has 1 saturated carbocycles. The Hall–Kier alpha value is -1.65. The lowest BCUT2D eigenvalue weighted by molar-refractivity contribution is 0.0692. The smallest absolute Gasteiger partial charge is 0.338 e. The Kier molecular flexibility index (Phi) is 4.57. The largest absolute Gasteiger partial charge is 0.478 e. The van der Waals surface area contributed by atoms with Crippen LogP contribution in [0.2, 0.25) is 0 Å². The first kappa shape index (κ1) is 14.8. The zero-order valence-corrected chi connectivity index (χ0v) is 11.5. The number of carbonyl (C=O) groups is 1. The van der Waals surface area contributed by atoms with Gasteiger partial charge >= 0.3 is 5.97 Å². The number of benzene rings is 1. The molecule has 110 valence electrons. The van der Waals surface area contributed by atoms with Crippen molar-refractivity contribution in [3.05, 3.63) is 29.3 Å². The number of rotatable bonds is 4. The Bertz CT molecular complexity index is 497. The fourth-order valence-electron chi connectivity index (χ4n) is 2.76. The molecule has 1 aromatic rings. The molecule has 1 fully saturated rings. The number of hydrogen-bond donors (Lipinski definition) is 2. The maximum absolute atomic E-state index is 13.7. The predicted molar refractivity (Wildman–Crippen MR) is 73.0 cm³/mol. The Morgan fingerprint density at radius 3 is 2.45 bits per heavy atom. The van der Waals surface area contributed by atoms with Gasteiger partial charge in [-0.15, -0.1) is 0 Å². The Morgan fingerprint density at radius 1 is 1.25 bits per heavy atom. The third kappa shape index (κ3) is 3.26. The summed E-state index contributed by atoms with van der Waals surface area (Å²) in [6.45, 7) is 2.16. The SMILES string of the molecule is CCC1CCC(Nc2cc(C(=O)O)c(F)cc2F)CC1. The maximum atomic E-state index is 13.7. The molecule has 2 rings (SSSR count). The van der Waals surface area contributed by atoms with Crippen molar-refractivity contribution in [1.82, 2.24) is 0 Å². The zero-order chi connectivity index (χ0) is 14.7. The number of hydrogen-bond acceptors (Lipinski definition) is 2. The minimum Gasteiger partial charge on any atom is -0.478 e. The van der Waals surface area contributed by atoms with Crippen LogP contribution in [0.3, 0.4) is 0 Å². The van der Waals surface area contributed by atoms with Crippen molar-refractivity contribution in [1.29, 1.82) is 0 Å². The van der Waals surface area contributed by atoms with Gasteiger partial charge in [0.2, 0.25) is 0 Å². The summed E-state index contributed by atoms with van der Waals surface area (Å²) in [6.07, 6.45) is 5.18. The second-order valence-corrected chi connectivity index (χ2v) is 5.39.